The Balaban J connectivity index is 2.86. The maximum atomic E-state index is 5.16. The average molecular weight is 150 g/mol. The van der Waals surface area contributed by atoms with E-state index >= 15 is 0 Å². The summed E-state index contributed by atoms with van der Waals surface area (Å²) in [6.45, 7) is 2.11. The molecule has 0 saturated heterocycles. The lowest BCUT2D eigenvalue weighted by atomic mass is 10.2. The van der Waals surface area contributed by atoms with Crippen molar-refractivity contribution in [3.05, 3.63) is 0 Å². The third-order valence-corrected chi connectivity index (χ3v) is 2.29. The molecular formula is C5H14OSSi. The molecule has 0 aliphatic rings. The Kier molecular flexibility index (Phi) is 6.03. The molecule has 3 heteroatoms. The molecule has 1 atom stereocenters. The molecule has 0 N–H and O–H groups in total. The van der Waals surface area contributed by atoms with E-state index in [9.17, 15) is 0 Å². The van der Waals surface area contributed by atoms with Crippen molar-refractivity contribution in [2.45, 2.75) is 25.9 Å². The molecule has 0 saturated carbocycles. The maximum Gasteiger partial charge on any atom is 0.146 e. The van der Waals surface area contributed by atoms with Crippen LogP contribution in [0.3, 0.4) is 0 Å². The van der Waals surface area contributed by atoms with Gasteiger partial charge in [0.2, 0.25) is 0 Å². The second-order valence-electron chi connectivity index (χ2n) is 1.91. The molecule has 8 heavy (non-hydrogen) atoms. The summed E-state index contributed by atoms with van der Waals surface area (Å²) in [6, 6.07) is 0. The topological polar surface area (TPSA) is 9.23 Å². The van der Waals surface area contributed by atoms with E-state index in [-0.39, 0.29) is 0 Å². The van der Waals surface area contributed by atoms with Crippen molar-refractivity contribution in [3.8, 4) is 0 Å². The van der Waals surface area contributed by atoms with Crippen LogP contribution in [0.15, 0.2) is 0 Å². The van der Waals surface area contributed by atoms with Crippen LogP contribution in [0.1, 0.15) is 19.8 Å². The SMILES string of the molecule is CC(CCCS)O[SiH3]. The van der Waals surface area contributed by atoms with Crippen LogP contribution >= 0.6 is 12.6 Å². The lowest BCUT2D eigenvalue weighted by Crippen LogP contribution is -2.04. The van der Waals surface area contributed by atoms with Gasteiger partial charge < -0.3 is 4.43 Å². The van der Waals surface area contributed by atoms with E-state index in [0.717, 1.165) is 22.7 Å². The maximum absolute atomic E-state index is 5.16. The van der Waals surface area contributed by atoms with E-state index in [1.807, 2.05) is 0 Å². The van der Waals surface area contributed by atoms with E-state index in [4.69, 9.17) is 4.43 Å². The predicted octanol–water partition coefficient (Wildman–Crippen LogP) is 0.382. The molecule has 0 spiro atoms. The van der Waals surface area contributed by atoms with Gasteiger partial charge in [0, 0.05) is 6.10 Å². The highest BCUT2D eigenvalue weighted by Crippen LogP contribution is 1.99. The first-order valence-corrected chi connectivity index (χ1v) is 4.39. The molecule has 0 aliphatic heterocycles. The fourth-order valence-corrected chi connectivity index (χ4v) is 0.915. The fraction of sp³-hybridized carbons (Fsp3) is 1.00. The molecule has 0 aliphatic carbocycles. The molecule has 1 nitrogen and oxygen atoms in total. The van der Waals surface area contributed by atoms with Crippen molar-refractivity contribution >= 4 is 23.1 Å². The smallest absolute Gasteiger partial charge is 0.146 e. The minimum absolute atomic E-state index is 0.466. The van der Waals surface area contributed by atoms with Crippen LogP contribution in [0.4, 0.5) is 0 Å². The zero-order valence-electron chi connectivity index (χ0n) is 5.55. The summed E-state index contributed by atoms with van der Waals surface area (Å²) in [5, 5.41) is 0. The Morgan fingerprint density at radius 1 is 1.75 bits per heavy atom. The van der Waals surface area contributed by atoms with Crippen LogP contribution in [0, 0.1) is 0 Å². The summed E-state index contributed by atoms with van der Waals surface area (Å²) in [7, 11) is 0.865. The van der Waals surface area contributed by atoms with Crippen molar-refractivity contribution < 1.29 is 4.43 Å². The zero-order valence-corrected chi connectivity index (χ0v) is 8.45. The van der Waals surface area contributed by atoms with Gasteiger partial charge in [0.05, 0.1) is 0 Å². The summed E-state index contributed by atoms with van der Waals surface area (Å²) < 4.78 is 5.16. The summed E-state index contributed by atoms with van der Waals surface area (Å²) in [4.78, 5) is 0. The second kappa shape index (κ2) is 5.66. The van der Waals surface area contributed by atoms with Crippen LogP contribution in [0.2, 0.25) is 0 Å². The number of rotatable bonds is 4. The molecule has 0 amide bonds. The Morgan fingerprint density at radius 3 is 2.75 bits per heavy atom. The first-order chi connectivity index (χ1) is 3.81. The molecular weight excluding hydrogens is 136 g/mol. The van der Waals surface area contributed by atoms with Crippen molar-refractivity contribution in [2.24, 2.45) is 0 Å². The van der Waals surface area contributed by atoms with Crippen LogP contribution in [-0.4, -0.2) is 22.3 Å². The molecule has 0 aromatic rings. The van der Waals surface area contributed by atoms with Gasteiger partial charge in [-0.15, -0.1) is 0 Å². The molecule has 0 rings (SSSR count). The van der Waals surface area contributed by atoms with Crippen LogP contribution in [0.5, 0.6) is 0 Å². The van der Waals surface area contributed by atoms with Gasteiger partial charge >= 0.3 is 0 Å². The van der Waals surface area contributed by atoms with Gasteiger partial charge in [-0.1, -0.05) is 0 Å². The van der Waals surface area contributed by atoms with E-state index < -0.39 is 0 Å². The van der Waals surface area contributed by atoms with Gasteiger partial charge in [0.1, 0.15) is 10.5 Å². The van der Waals surface area contributed by atoms with Gasteiger partial charge in [-0.2, -0.15) is 12.6 Å². The first-order valence-electron chi connectivity index (χ1n) is 2.95. The van der Waals surface area contributed by atoms with E-state index in [1.54, 1.807) is 0 Å². The molecule has 50 valence electrons. The van der Waals surface area contributed by atoms with Crippen molar-refractivity contribution in [2.75, 3.05) is 5.75 Å². The van der Waals surface area contributed by atoms with Crippen LogP contribution in [-0.2, 0) is 4.43 Å². The zero-order chi connectivity index (χ0) is 6.41. The predicted molar refractivity (Wildman–Crippen MR) is 43.6 cm³/mol. The van der Waals surface area contributed by atoms with E-state index in [0.29, 0.717) is 6.10 Å². The average Bonchev–Trinajstić information content (AvgIpc) is 1.83. The van der Waals surface area contributed by atoms with Gasteiger partial charge in [-0.05, 0) is 25.5 Å². The standard InChI is InChI=1S/C5H14OSSi/c1-5(6-8)3-2-4-7/h5,7H,2-4H2,1,8H3. The Labute approximate surface area is 59.8 Å². The van der Waals surface area contributed by atoms with E-state index in [1.165, 1.54) is 6.42 Å². The van der Waals surface area contributed by atoms with Gasteiger partial charge in [-0.3, -0.25) is 0 Å². The summed E-state index contributed by atoms with van der Waals surface area (Å²) in [6.07, 6.45) is 2.80. The first kappa shape index (κ1) is 8.53. The number of hydrogen-bond donors (Lipinski definition) is 1. The lowest BCUT2D eigenvalue weighted by molar-refractivity contribution is 0.231. The monoisotopic (exact) mass is 150 g/mol. The molecule has 0 bridgehead atoms. The number of hydrogen-bond acceptors (Lipinski definition) is 2. The molecule has 0 heterocycles. The summed E-state index contributed by atoms with van der Waals surface area (Å²) >= 11 is 4.09. The number of thiol groups is 1. The largest absolute Gasteiger partial charge is 0.425 e. The Bertz CT molecular complexity index is 51.7. The third-order valence-electron chi connectivity index (χ3n) is 1.17. The third kappa shape index (κ3) is 4.68. The van der Waals surface area contributed by atoms with Crippen molar-refractivity contribution in [1.82, 2.24) is 0 Å². The van der Waals surface area contributed by atoms with Crippen LogP contribution in [0.25, 0.3) is 0 Å². The van der Waals surface area contributed by atoms with Crippen molar-refractivity contribution in [1.29, 1.82) is 0 Å². The van der Waals surface area contributed by atoms with E-state index in [2.05, 4.69) is 19.6 Å². The summed E-state index contributed by atoms with van der Waals surface area (Å²) in [5.41, 5.74) is 0. The van der Waals surface area contributed by atoms with Crippen molar-refractivity contribution in [3.63, 3.8) is 0 Å². The molecule has 1 unspecified atom stereocenters. The Hall–Kier alpha value is 0.527. The Morgan fingerprint density at radius 2 is 2.38 bits per heavy atom. The highest BCUT2D eigenvalue weighted by atomic mass is 32.1. The minimum Gasteiger partial charge on any atom is -0.425 e. The normalized spacial score (nSPS) is 14.2. The molecule has 0 fully saturated rings. The van der Waals surface area contributed by atoms with Gasteiger partial charge in [0.25, 0.3) is 0 Å². The van der Waals surface area contributed by atoms with Gasteiger partial charge in [0.15, 0.2) is 0 Å². The molecule has 0 aromatic carbocycles. The molecule has 0 aromatic heterocycles. The highest BCUT2D eigenvalue weighted by Gasteiger charge is 1.94. The molecule has 0 radical (unpaired) electrons. The fourth-order valence-electron chi connectivity index (χ4n) is 0.497. The minimum atomic E-state index is 0.466. The quantitative estimate of drug-likeness (QED) is 0.450. The highest BCUT2D eigenvalue weighted by molar-refractivity contribution is 7.80. The van der Waals surface area contributed by atoms with Gasteiger partial charge in [-0.25, -0.2) is 0 Å². The van der Waals surface area contributed by atoms with Crippen LogP contribution < -0.4 is 0 Å². The second-order valence-corrected chi connectivity index (χ2v) is 2.83. The lowest BCUT2D eigenvalue weighted by Gasteiger charge is -2.06. The summed E-state index contributed by atoms with van der Waals surface area (Å²) in [5.74, 6) is 0.981.